The minimum Gasteiger partial charge on any atom is -0.496 e. The lowest BCUT2D eigenvalue weighted by molar-refractivity contribution is -0.138. The summed E-state index contributed by atoms with van der Waals surface area (Å²) in [6, 6.07) is 5.12. The van der Waals surface area contributed by atoms with Crippen LogP contribution in [0.4, 0.5) is 0 Å². The van der Waals surface area contributed by atoms with E-state index in [0.717, 1.165) is 0 Å². The van der Waals surface area contributed by atoms with Gasteiger partial charge in [0.15, 0.2) is 0 Å². The number of methoxy groups -OCH3 is 1. The molecule has 4 heteroatoms. The zero-order chi connectivity index (χ0) is 11.4. The second kappa shape index (κ2) is 5.03. The maximum Gasteiger partial charge on any atom is 0.311 e. The molecule has 1 aromatic rings. The van der Waals surface area contributed by atoms with Gasteiger partial charge in [0.25, 0.3) is 0 Å². The van der Waals surface area contributed by atoms with E-state index in [1.54, 1.807) is 18.2 Å². The molecule has 0 radical (unpaired) electrons. The number of rotatable bonds is 4. The van der Waals surface area contributed by atoms with E-state index in [1.807, 2.05) is 6.92 Å². The number of hydrogen-bond acceptors (Lipinski definition) is 2. The molecule has 1 N–H and O–H groups in total. The van der Waals surface area contributed by atoms with Gasteiger partial charge in [-0.3, -0.25) is 4.79 Å². The van der Waals surface area contributed by atoms with Crippen LogP contribution >= 0.6 is 11.6 Å². The maximum absolute atomic E-state index is 11.0. The van der Waals surface area contributed by atoms with Crippen LogP contribution in [0.15, 0.2) is 18.2 Å². The monoisotopic (exact) mass is 228 g/mol. The minimum atomic E-state index is -0.885. The summed E-state index contributed by atoms with van der Waals surface area (Å²) in [4.78, 5) is 11.0. The molecule has 1 unspecified atom stereocenters. The number of ether oxygens (including phenoxy) is 1. The minimum absolute atomic E-state index is 0.434. The summed E-state index contributed by atoms with van der Waals surface area (Å²) in [5, 5.41) is 9.49. The van der Waals surface area contributed by atoms with Crippen molar-refractivity contribution in [2.45, 2.75) is 19.3 Å². The van der Waals surface area contributed by atoms with Crippen LogP contribution in [0.3, 0.4) is 0 Å². The van der Waals surface area contributed by atoms with Crippen LogP contribution in [0.25, 0.3) is 0 Å². The number of hydrogen-bond donors (Lipinski definition) is 1. The first-order chi connectivity index (χ1) is 7.11. The van der Waals surface area contributed by atoms with Crippen molar-refractivity contribution in [3.63, 3.8) is 0 Å². The molecule has 0 amide bonds. The molecular formula is C11H13ClO3. The van der Waals surface area contributed by atoms with Crippen LogP contribution in [0, 0.1) is 0 Å². The summed E-state index contributed by atoms with van der Waals surface area (Å²) in [5.74, 6) is -0.977. The van der Waals surface area contributed by atoms with Gasteiger partial charge in [-0.15, -0.1) is 0 Å². The molecule has 0 saturated carbocycles. The molecule has 1 aromatic carbocycles. The molecule has 0 aliphatic heterocycles. The van der Waals surface area contributed by atoms with Crippen molar-refractivity contribution >= 4 is 17.6 Å². The zero-order valence-electron chi connectivity index (χ0n) is 8.66. The van der Waals surface area contributed by atoms with Gasteiger partial charge >= 0.3 is 5.97 Å². The van der Waals surface area contributed by atoms with E-state index >= 15 is 0 Å². The maximum atomic E-state index is 11.0. The summed E-state index contributed by atoms with van der Waals surface area (Å²) in [6.45, 7) is 1.81. The Kier molecular flexibility index (Phi) is 3.97. The lowest BCUT2D eigenvalue weighted by atomic mass is 9.95. The van der Waals surface area contributed by atoms with Gasteiger partial charge in [-0.25, -0.2) is 0 Å². The van der Waals surface area contributed by atoms with Crippen LogP contribution in [-0.2, 0) is 4.79 Å². The van der Waals surface area contributed by atoms with Crippen molar-refractivity contribution in [2.75, 3.05) is 7.11 Å². The molecular weight excluding hydrogens is 216 g/mol. The van der Waals surface area contributed by atoms with Crippen molar-refractivity contribution in [1.29, 1.82) is 0 Å². The van der Waals surface area contributed by atoms with E-state index in [4.69, 9.17) is 21.4 Å². The summed E-state index contributed by atoms with van der Waals surface area (Å²) in [6.07, 6.45) is 0.482. The van der Waals surface area contributed by atoms with E-state index in [0.29, 0.717) is 22.8 Å². The fourth-order valence-corrected chi connectivity index (χ4v) is 1.83. The highest BCUT2D eigenvalue weighted by Crippen LogP contribution is 2.35. The van der Waals surface area contributed by atoms with Gasteiger partial charge in [-0.05, 0) is 18.6 Å². The van der Waals surface area contributed by atoms with Crippen LogP contribution in [0.5, 0.6) is 5.75 Å². The SMILES string of the molecule is CCC(C(=O)O)c1c(Cl)cccc1OC. The highest BCUT2D eigenvalue weighted by atomic mass is 35.5. The van der Waals surface area contributed by atoms with Crippen LogP contribution < -0.4 is 4.74 Å². The first-order valence-electron chi connectivity index (χ1n) is 4.67. The molecule has 1 atom stereocenters. The van der Waals surface area contributed by atoms with Crippen molar-refractivity contribution in [1.82, 2.24) is 0 Å². The molecule has 0 aliphatic carbocycles. The third-order valence-electron chi connectivity index (χ3n) is 2.29. The molecule has 0 aromatic heterocycles. The average molecular weight is 229 g/mol. The summed E-state index contributed by atoms with van der Waals surface area (Å²) in [5.41, 5.74) is 0.552. The molecule has 82 valence electrons. The van der Waals surface area contributed by atoms with E-state index in [2.05, 4.69) is 0 Å². The quantitative estimate of drug-likeness (QED) is 0.862. The van der Waals surface area contributed by atoms with Gasteiger partial charge in [0.1, 0.15) is 5.75 Å². The van der Waals surface area contributed by atoms with E-state index in [1.165, 1.54) is 7.11 Å². The van der Waals surface area contributed by atoms with Gasteiger partial charge in [-0.1, -0.05) is 24.6 Å². The molecule has 3 nitrogen and oxygen atoms in total. The fraction of sp³-hybridized carbons (Fsp3) is 0.364. The Labute approximate surface area is 93.6 Å². The molecule has 1 rings (SSSR count). The van der Waals surface area contributed by atoms with E-state index < -0.39 is 11.9 Å². The Hall–Kier alpha value is -1.22. The van der Waals surface area contributed by atoms with Crippen molar-refractivity contribution in [2.24, 2.45) is 0 Å². The Morgan fingerprint density at radius 3 is 2.73 bits per heavy atom. The van der Waals surface area contributed by atoms with Gasteiger partial charge in [0.05, 0.1) is 13.0 Å². The normalized spacial score (nSPS) is 12.2. The standard InChI is InChI=1S/C11H13ClO3/c1-3-7(11(13)14)10-8(12)5-4-6-9(10)15-2/h4-7H,3H2,1-2H3,(H,13,14). The second-order valence-corrected chi connectivity index (χ2v) is 3.56. The number of benzene rings is 1. The topological polar surface area (TPSA) is 46.5 Å². The zero-order valence-corrected chi connectivity index (χ0v) is 9.41. The third-order valence-corrected chi connectivity index (χ3v) is 2.62. The van der Waals surface area contributed by atoms with Gasteiger partial charge in [0, 0.05) is 10.6 Å². The molecule has 0 saturated heterocycles. The predicted octanol–water partition coefficient (Wildman–Crippen LogP) is 2.93. The molecule has 0 fully saturated rings. The molecule has 15 heavy (non-hydrogen) atoms. The number of carboxylic acids is 1. The fourth-order valence-electron chi connectivity index (χ4n) is 1.54. The lowest BCUT2D eigenvalue weighted by Gasteiger charge is -2.15. The summed E-state index contributed by atoms with van der Waals surface area (Å²) >= 11 is 5.98. The van der Waals surface area contributed by atoms with Gasteiger partial charge in [-0.2, -0.15) is 0 Å². The molecule has 0 bridgehead atoms. The number of carboxylic acid groups (broad SMARTS) is 1. The van der Waals surface area contributed by atoms with Crippen LogP contribution in [0.2, 0.25) is 5.02 Å². The lowest BCUT2D eigenvalue weighted by Crippen LogP contribution is -2.12. The van der Waals surface area contributed by atoms with Gasteiger partial charge in [0.2, 0.25) is 0 Å². The van der Waals surface area contributed by atoms with Crippen molar-refractivity contribution in [3.8, 4) is 5.75 Å². The predicted molar refractivity (Wildman–Crippen MR) is 58.7 cm³/mol. The number of carbonyl (C=O) groups is 1. The highest BCUT2D eigenvalue weighted by Gasteiger charge is 2.23. The van der Waals surface area contributed by atoms with Crippen LogP contribution in [-0.4, -0.2) is 18.2 Å². The summed E-state index contributed by atoms with van der Waals surface area (Å²) in [7, 11) is 1.50. The Morgan fingerprint density at radius 2 is 2.27 bits per heavy atom. The van der Waals surface area contributed by atoms with E-state index in [-0.39, 0.29) is 0 Å². The second-order valence-electron chi connectivity index (χ2n) is 3.15. The van der Waals surface area contributed by atoms with Gasteiger partial charge < -0.3 is 9.84 Å². The summed E-state index contributed by atoms with van der Waals surface area (Å²) < 4.78 is 5.11. The highest BCUT2D eigenvalue weighted by molar-refractivity contribution is 6.31. The first-order valence-corrected chi connectivity index (χ1v) is 5.04. The first kappa shape index (κ1) is 11.9. The van der Waals surface area contributed by atoms with Crippen molar-refractivity contribution in [3.05, 3.63) is 28.8 Å². The Morgan fingerprint density at radius 1 is 1.60 bits per heavy atom. The largest absolute Gasteiger partial charge is 0.496 e. The average Bonchev–Trinajstić information content (AvgIpc) is 2.21. The number of halogens is 1. The molecule has 0 aliphatic rings. The number of aliphatic carboxylic acids is 1. The van der Waals surface area contributed by atoms with Crippen LogP contribution in [0.1, 0.15) is 24.8 Å². The van der Waals surface area contributed by atoms with Crippen molar-refractivity contribution < 1.29 is 14.6 Å². The Bertz CT molecular complexity index is 363. The third kappa shape index (κ3) is 2.42. The van der Waals surface area contributed by atoms with E-state index in [9.17, 15) is 4.79 Å². The molecule has 0 heterocycles. The Balaban J connectivity index is 3.26. The smallest absolute Gasteiger partial charge is 0.311 e. The molecule has 0 spiro atoms.